The van der Waals surface area contributed by atoms with E-state index in [0.717, 1.165) is 44.9 Å². The molecule has 2 unspecified atom stereocenters. The molecule has 3 N–H and O–H groups in total. The van der Waals surface area contributed by atoms with Crippen LogP contribution in [0.25, 0.3) is 0 Å². The molecule has 0 fully saturated rings. The van der Waals surface area contributed by atoms with E-state index in [1.807, 2.05) is 6.08 Å². The van der Waals surface area contributed by atoms with E-state index in [-0.39, 0.29) is 18.5 Å². The minimum Gasteiger partial charge on any atom is -0.466 e. The summed E-state index contributed by atoms with van der Waals surface area (Å²) in [6.45, 7) is 4.93. The summed E-state index contributed by atoms with van der Waals surface area (Å²) in [5.74, 6) is -0.0604. The van der Waals surface area contributed by atoms with Crippen LogP contribution in [0.3, 0.4) is 0 Å². The number of carbonyl (C=O) groups excluding carboxylic acids is 2. The number of allylic oxidation sites excluding steroid dienone is 3. The first-order valence-electron chi connectivity index (χ1n) is 34.6. The Morgan fingerprint density at radius 1 is 0.355 bits per heavy atom. The van der Waals surface area contributed by atoms with Gasteiger partial charge in [-0.05, 0) is 57.8 Å². The molecule has 1 amide bonds. The zero-order valence-corrected chi connectivity index (χ0v) is 51.5. The van der Waals surface area contributed by atoms with Crippen LogP contribution in [0.15, 0.2) is 24.3 Å². The summed E-state index contributed by atoms with van der Waals surface area (Å²) in [7, 11) is 0. The van der Waals surface area contributed by atoms with Crippen LogP contribution in [-0.2, 0) is 14.3 Å². The van der Waals surface area contributed by atoms with Gasteiger partial charge in [-0.25, -0.2) is 0 Å². The van der Waals surface area contributed by atoms with E-state index in [1.54, 1.807) is 6.08 Å². The predicted octanol–water partition coefficient (Wildman–Crippen LogP) is 22.1. The standard InChI is InChI=1S/C70H135NO5/c1-3-5-7-9-11-13-15-17-19-21-23-24-25-27-30-34-38-42-46-50-54-58-62-68(73)67(66-72)71-69(74)63-59-55-51-47-43-39-35-31-28-26-29-33-37-41-45-49-53-57-61-65-76-70(75)64-60-56-52-48-44-40-36-32-22-20-18-16-14-12-10-8-6-4-2/h20,22,58,62,67-68,72-73H,3-19,21,23-57,59-61,63-66H2,1-2H3,(H,71,74)/b22-20-,62-58+. The number of hydrogen-bond acceptors (Lipinski definition) is 5. The predicted molar refractivity (Wildman–Crippen MR) is 333 cm³/mol. The molecule has 0 aliphatic rings. The fourth-order valence-electron chi connectivity index (χ4n) is 10.9. The third kappa shape index (κ3) is 61.6. The maximum Gasteiger partial charge on any atom is 0.305 e. The number of rotatable bonds is 65. The number of hydrogen-bond donors (Lipinski definition) is 3. The Morgan fingerprint density at radius 2 is 0.618 bits per heavy atom. The summed E-state index contributed by atoms with van der Waals surface area (Å²) in [4.78, 5) is 24.6. The Bertz CT molecular complexity index is 1190. The van der Waals surface area contributed by atoms with Crippen molar-refractivity contribution in [2.24, 2.45) is 0 Å². The second-order valence-corrected chi connectivity index (χ2v) is 23.9. The Kier molecular flexibility index (Phi) is 64.4. The molecule has 450 valence electrons. The van der Waals surface area contributed by atoms with E-state index >= 15 is 0 Å². The quantitative estimate of drug-likeness (QED) is 0.0320. The molecule has 0 aromatic carbocycles. The van der Waals surface area contributed by atoms with Crippen LogP contribution in [0.5, 0.6) is 0 Å². The van der Waals surface area contributed by atoms with Crippen LogP contribution in [0.2, 0.25) is 0 Å². The van der Waals surface area contributed by atoms with Crippen molar-refractivity contribution < 1.29 is 24.5 Å². The highest BCUT2D eigenvalue weighted by atomic mass is 16.5. The first-order valence-corrected chi connectivity index (χ1v) is 34.6. The Balaban J connectivity index is 3.42. The number of aliphatic hydroxyl groups is 2. The zero-order chi connectivity index (χ0) is 55.0. The van der Waals surface area contributed by atoms with Crippen molar-refractivity contribution in [3.63, 3.8) is 0 Å². The highest BCUT2D eigenvalue weighted by molar-refractivity contribution is 5.76. The molecule has 0 saturated heterocycles. The second kappa shape index (κ2) is 65.9. The highest BCUT2D eigenvalue weighted by Crippen LogP contribution is 2.18. The molecule has 0 aromatic heterocycles. The van der Waals surface area contributed by atoms with Crippen molar-refractivity contribution in [1.29, 1.82) is 0 Å². The molecule has 0 saturated carbocycles. The van der Waals surface area contributed by atoms with Gasteiger partial charge in [0.05, 0.1) is 25.4 Å². The lowest BCUT2D eigenvalue weighted by atomic mass is 10.0. The van der Waals surface area contributed by atoms with Crippen molar-refractivity contribution in [2.45, 2.75) is 398 Å². The molecule has 0 radical (unpaired) electrons. The van der Waals surface area contributed by atoms with Crippen LogP contribution in [0.4, 0.5) is 0 Å². The van der Waals surface area contributed by atoms with Gasteiger partial charge in [0.15, 0.2) is 0 Å². The van der Waals surface area contributed by atoms with Gasteiger partial charge in [-0.15, -0.1) is 0 Å². The minimum absolute atomic E-state index is 0.00639. The van der Waals surface area contributed by atoms with Crippen molar-refractivity contribution in [3.05, 3.63) is 24.3 Å². The molecule has 0 bridgehead atoms. The van der Waals surface area contributed by atoms with Crippen molar-refractivity contribution in [2.75, 3.05) is 13.2 Å². The van der Waals surface area contributed by atoms with Gasteiger partial charge in [0, 0.05) is 12.8 Å². The van der Waals surface area contributed by atoms with Gasteiger partial charge in [-0.1, -0.05) is 340 Å². The second-order valence-electron chi connectivity index (χ2n) is 23.9. The Labute approximate surface area is 475 Å². The molecule has 76 heavy (non-hydrogen) atoms. The average Bonchev–Trinajstić information content (AvgIpc) is 3.42. The number of aliphatic hydroxyl groups excluding tert-OH is 2. The van der Waals surface area contributed by atoms with Crippen LogP contribution in [0.1, 0.15) is 386 Å². The van der Waals surface area contributed by atoms with E-state index in [4.69, 9.17) is 4.74 Å². The lowest BCUT2D eigenvalue weighted by Crippen LogP contribution is -2.45. The topological polar surface area (TPSA) is 95.9 Å². The summed E-state index contributed by atoms with van der Waals surface area (Å²) >= 11 is 0. The van der Waals surface area contributed by atoms with Crippen molar-refractivity contribution in [3.8, 4) is 0 Å². The molecule has 0 aliphatic carbocycles. The SMILES string of the molecule is CCCCCCCCC/C=C\CCCCCCCCCC(=O)OCCCCCCCCCCCCCCCCCCCCCC(=O)NC(CO)C(O)/C=C/CCCCCCCCCCCCCCCCCCCCCC. The molecular formula is C70H135NO5. The molecule has 0 aliphatic heterocycles. The van der Waals surface area contributed by atoms with Gasteiger partial charge in [0.1, 0.15) is 0 Å². The van der Waals surface area contributed by atoms with E-state index in [0.29, 0.717) is 19.4 Å². The van der Waals surface area contributed by atoms with E-state index in [9.17, 15) is 19.8 Å². The van der Waals surface area contributed by atoms with E-state index in [2.05, 4.69) is 31.3 Å². The van der Waals surface area contributed by atoms with Crippen LogP contribution >= 0.6 is 0 Å². The number of amides is 1. The van der Waals surface area contributed by atoms with Gasteiger partial charge in [-0.2, -0.15) is 0 Å². The molecule has 0 heterocycles. The number of carbonyl (C=O) groups is 2. The first-order chi connectivity index (χ1) is 37.5. The largest absolute Gasteiger partial charge is 0.466 e. The molecule has 0 aromatic rings. The molecular weight excluding hydrogens is 935 g/mol. The highest BCUT2D eigenvalue weighted by Gasteiger charge is 2.18. The summed E-state index contributed by atoms with van der Waals surface area (Å²) in [5.41, 5.74) is 0. The van der Waals surface area contributed by atoms with Gasteiger partial charge in [0.2, 0.25) is 5.91 Å². The molecule has 2 atom stereocenters. The van der Waals surface area contributed by atoms with Crippen LogP contribution in [0, 0.1) is 0 Å². The van der Waals surface area contributed by atoms with Crippen molar-refractivity contribution >= 4 is 11.9 Å². The Hall–Kier alpha value is -1.66. The van der Waals surface area contributed by atoms with Crippen LogP contribution < -0.4 is 5.32 Å². The van der Waals surface area contributed by atoms with Gasteiger partial charge in [-0.3, -0.25) is 9.59 Å². The number of ether oxygens (including phenoxy) is 1. The van der Waals surface area contributed by atoms with Crippen molar-refractivity contribution in [1.82, 2.24) is 5.32 Å². The molecule has 6 nitrogen and oxygen atoms in total. The first kappa shape index (κ1) is 74.3. The smallest absolute Gasteiger partial charge is 0.305 e. The lowest BCUT2D eigenvalue weighted by Gasteiger charge is -2.20. The fraction of sp³-hybridized carbons (Fsp3) is 0.914. The third-order valence-electron chi connectivity index (χ3n) is 16.2. The molecule has 0 rings (SSSR count). The Morgan fingerprint density at radius 3 is 0.934 bits per heavy atom. The molecule has 0 spiro atoms. The number of esters is 1. The van der Waals surface area contributed by atoms with Gasteiger partial charge < -0.3 is 20.3 Å². The molecule has 6 heteroatoms. The monoisotopic (exact) mass is 1070 g/mol. The summed E-state index contributed by atoms with van der Waals surface area (Å²) in [6.07, 6.45) is 82.4. The number of nitrogens with one attached hydrogen (secondary N) is 1. The van der Waals surface area contributed by atoms with Crippen LogP contribution in [-0.4, -0.2) is 47.4 Å². The zero-order valence-electron chi connectivity index (χ0n) is 51.5. The third-order valence-corrected chi connectivity index (χ3v) is 16.2. The minimum atomic E-state index is -0.848. The maximum atomic E-state index is 12.5. The van der Waals surface area contributed by atoms with E-state index in [1.165, 1.54) is 315 Å². The lowest BCUT2D eigenvalue weighted by molar-refractivity contribution is -0.143. The fourth-order valence-corrected chi connectivity index (χ4v) is 10.9. The van der Waals surface area contributed by atoms with Gasteiger partial charge >= 0.3 is 5.97 Å². The van der Waals surface area contributed by atoms with Gasteiger partial charge in [0.25, 0.3) is 0 Å². The summed E-state index contributed by atoms with van der Waals surface area (Å²) in [6, 6.07) is -0.631. The average molecular weight is 1070 g/mol. The number of unbranched alkanes of at least 4 members (excludes halogenated alkanes) is 52. The normalized spacial score (nSPS) is 12.6. The summed E-state index contributed by atoms with van der Waals surface area (Å²) in [5, 5.41) is 23.3. The van der Waals surface area contributed by atoms with E-state index < -0.39 is 12.1 Å². The maximum absolute atomic E-state index is 12.5. The summed E-state index contributed by atoms with van der Waals surface area (Å²) < 4.78 is 5.50.